The lowest BCUT2D eigenvalue weighted by Gasteiger charge is -2.29. The van der Waals surface area contributed by atoms with Gasteiger partial charge >= 0.3 is 25.7 Å². The number of ether oxygens (including phenoxy) is 3. The molecule has 0 aromatic carbocycles. The van der Waals surface area contributed by atoms with Gasteiger partial charge in [0.05, 0.1) is 27.7 Å². The maximum Gasteiger partial charge on any atom is 0.472 e. The number of unbranched alkanes of at least 4 members (excludes halogenated alkanes) is 30. The third kappa shape index (κ3) is 52.6. The highest BCUT2D eigenvalue weighted by atomic mass is 35.5. The van der Waals surface area contributed by atoms with Crippen molar-refractivity contribution in [3.63, 3.8) is 0 Å². The number of carbonyl (C=O) groups excluding carboxylic acids is 3. The number of esters is 3. The van der Waals surface area contributed by atoms with Gasteiger partial charge in [-0.1, -0.05) is 199 Å². The minimum atomic E-state index is -4.73. The highest BCUT2D eigenvalue weighted by molar-refractivity contribution is 7.47. The van der Waals surface area contributed by atoms with Gasteiger partial charge in [-0.3, -0.25) is 23.4 Å². The lowest BCUT2D eigenvalue weighted by Crippen LogP contribution is -3.00. The molecule has 0 aromatic heterocycles. The fourth-order valence-corrected chi connectivity index (χ4v) is 9.18. The van der Waals surface area contributed by atoms with Gasteiger partial charge in [0.25, 0.3) is 0 Å². The van der Waals surface area contributed by atoms with Crippen LogP contribution in [0.5, 0.6) is 0 Å². The molecule has 0 radical (unpaired) electrons. The van der Waals surface area contributed by atoms with E-state index in [9.17, 15) is 23.8 Å². The van der Waals surface area contributed by atoms with Crippen molar-refractivity contribution in [3.05, 3.63) is 24.3 Å². The van der Waals surface area contributed by atoms with Crippen LogP contribution in [0, 0.1) is 0 Å². The molecule has 2 unspecified atom stereocenters. The van der Waals surface area contributed by atoms with Gasteiger partial charge in [0.1, 0.15) is 19.8 Å². The molecule has 0 heterocycles. The predicted octanol–water partition coefficient (Wildman–Crippen LogP) is 13.2. The van der Waals surface area contributed by atoms with Crippen LogP contribution in [-0.4, -0.2) is 87.0 Å². The molecule has 11 nitrogen and oxygen atoms in total. The third-order valence-corrected chi connectivity index (χ3v) is 13.4. The average molecular weight is 1030 g/mol. The standard InChI is InChI=1S/C57H108NO10P.ClH/c1-7-10-13-16-19-22-24-26-28-30-32-35-38-41-44-47-56(60)65-51-54(67-57(61)48-45-42-39-36-33-31-29-27-25-23-20-17-14-11-8-2)52-66-69(62,63)68-53(49-58(4,5)6)50-64-55(59)46-43-40-37-34-21-18-15-12-9-3;/h26-29,53-54H,7-25,30-52H2,1-6H3;1H/b28-26-,29-27-;/t53?,54-;/m1./s1. The topological polar surface area (TPSA) is 135 Å². The molecule has 0 spiro atoms. The lowest BCUT2D eigenvalue weighted by atomic mass is 10.1. The van der Waals surface area contributed by atoms with E-state index in [1.807, 2.05) is 21.1 Å². The summed E-state index contributed by atoms with van der Waals surface area (Å²) in [7, 11) is 0.984. The fourth-order valence-electron chi connectivity index (χ4n) is 8.26. The Morgan fingerprint density at radius 3 is 1.09 bits per heavy atom. The average Bonchev–Trinajstić information content (AvgIpc) is 3.30. The van der Waals surface area contributed by atoms with E-state index in [-0.39, 0.29) is 57.4 Å². The van der Waals surface area contributed by atoms with E-state index in [0.717, 1.165) is 89.9 Å². The first kappa shape index (κ1) is 70.3. The highest BCUT2D eigenvalue weighted by Gasteiger charge is 2.33. The summed E-state index contributed by atoms with van der Waals surface area (Å²) >= 11 is 0. The van der Waals surface area contributed by atoms with Gasteiger partial charge in [-0.05, 0) is 70.6 Å². The summed E-state index contributed by atoms with van der Waals surface area (Å²) < 4.78 is 41.4. The molecule has 414 valence electrons. The number of phosphoric acid groups is 1. The van der Waals surface area contributed by atoms with Gasteiger partial charge in [0.2, 0.25) is 0 Å². The first-order chi connectivity index (χ1) is 33.3. The van der Waals surface area contributed by atoms with Gasteiger partial charge in [-0.25, -0.2) is 4.57 Å². The van der Waals surface area contributed by atoms with Gasteiger partial charge < -0.3 is 36.0 Å². The number of halogens is 1. The number of nitrogens with zero attached hydrogens (tertiary/aromatic N) is 1. The monoisotopic (exact) mass is 1030 g/mol. The van der Waals surface area contributed by atoms with Crippen molar-refractivity contribution in [3.8, 4) is 0 Å². The Balaban J connectivity index is 0. The summed E-state index contributed by atoms with van der Waals surface area (Å²) in [5.41, 5.74) is 0. The van der Waals surface area contributed by atoms with E-state index in [0.29, 0.717) is 17.3 Å². The van der Waals surface area contributed by atoms with E-state index < -0.39 is 38.6 Å². The van der Waals surface area contributed by atoms with Crippen LogP contribution in [-0.2, 0) is 42.2 Å². The normalized spacial score (nSPS) is 13.6. The van der Waals surface area contributed by atoms with Gasteiger partial charge in [0.15, 0.2) is 12.2 Å². The van der Waals surface area contributed by atoms with Crippen molar-refractivity contribution in [1.82, 2.24) is 0 Å². The maximum absolute atomic E-state index is 13.3. The molecule has 0 aliphatic carbocycles. The molecule has 13 heteroatoms. The van der Waals surface area contributed by atoms with Gasteiger partial charge in [0, 0.05) is 19.3 Å². The van der Waals surface area contributed by atoms with E-state index in [1.165, 1.54) is 122 Å². The second-order valence-corrected chi connectivity index (χ2v) is 22.1. The molecule has 3 atom stereocenters. The van der Waals surface area contributed by atoms with Crippen LogP contribution < -0.4 is 12.4 Å². The molecule has 70 heavy (non-hydrogen) atoms. The zero-order valence-corrected chi connectivity index (χ0v) is 47.7. The Morgan fingerprint density at radius 1 is 0.443 bits per heavy atom. The van der Waals surface area contributed by atoms with Crippen molar-refractivity contribution < 1.29 is 64.0 Å². The molecule has 1 N–H and O–H groups in total. The molecule has 0 fully saturated rings. The number of allylic oxidation sites excluding steroid dienone is 4. The largest absolute Gasteiger partial charge is 1.00 e. The van der Waals surface area contributed by atoms with Crippen LogP contribution >= 0.6 is 7.82 Å². The number of carbonyl (C=O) groups is 3. The van der Waals surface area contributed by atoms with Crippen LogP contribution in [0.2, 0.25) is 0 Å². The van der Waals surface area contributed by atoms with E-state index in [4.69, 9.17) is 23.3 Å². The minimum Gasteiger partial charge on any atom is -1.00 e. The first-order valence-electron chi connectivity index (χ1n) is 28.6. The van der Waals surface area contributed by atoms with Crippen molar-refractivity contribution in [1.29, 1.82) is 0 Å². The Bertz CT molecular complexity index is 1310. The summed E-state index contributed by atoms with van der Waals surface area (Å²) in [6.45, 7) is 5.95. The van der Waals surface area contributed by atoms with Crippen molar-refractivity contribution >= 4 is 25.7 Å². The van der Waals surface area contributed by atoms with E-state index >= 15 is 0 Å². The van der Waals surface area contributed by atoms with Crippen LogP contribution in [0.25, 0.3) is 0 Å². The zero-order valence-electron chi connectivity index (χ0n) is 46.1. The van der Waals surface area contributed by atoms with Crippen LogP contribution in [0.1, 0.15) is 265 Å². The molecule has 0 aliphatic heterocycles. The highest BCUT2D eigenvalue weighted by Crippen LogP contribution is 2.45. The molecule has 0 aromatic rings. The second-order valence-electron chi connectivity index (χ2n) is 20.7. The minimum absolute atomic E-state index is 0. The van der Waals surface area contributed by atoms with Crippen molar-refractivity contribution in [2.45, 2.75) is 277 Å². The van der Waals surface area contributed by atoms with Crippen molar-refractivity contribution in [2.24, 2.45) is 0 Å². The molecule has 0 saturated carbocycles. The van der Waals surface area contributed by atoms with Crippen LogP contribution in [0.15, 0.2) is 24.3 Å². The quantitative estimate of drug-likeness (QED) is 0.0157. The van der Waals surface area contributed by atoms with Crippen LogP contribution in [0.4, 0.5) is 0 Å². The van der Waals surface area contributed by atoms with Gasteiger partial charge in [-0.2, -0.15) is 0 Å². The third-order valence-electron chi connectivity index (χ3n) is 12.4. The second kappa shape index (κ2) is 50.8. The molecular weight excluding hydrogens is 925 g/mol. The Labute approximate surface area is 436 Å². The smallest absolute Gasteiger partial charge is 0.472 e. The molecule has 0 bridgehead atoms. The Morgan fingerprint density at radius 2 is 0.743 bits per heavy atom. The number of likely N-dealkylation sites (N-methyl/N-ethyl adjacent to an activating group) is 1. The molecule has 0 saturated heterocycles. The van der Waals surface area contributed by atoms with Crippen LogP contribution in [0.3, 0.4) is 0 Å². The number of phosphoric ester groups is 1. The summed E-state index contributed by atoms with van der Waals surface area (Å²) in [6, 6.07) is 0. The number of hydrogen-bond donors (Lipinski definition) is 1. The number of hydrogen-bond acceptors (Lipinski definition) is 9. The summed E-state index contributed by atoms with van der Waals surface area (Å²) in [4.78, 5) is 49.2. The lowest BCUT2D eigenvalue weighted by molar-refractivity contribution is -0.873. The molecule has 0 aliphatic rings. The summed E-state index contributed by atoms with van der Waals surface area (Å²) in [5.74, 6) is -1.27. The maximum atomic E-state index is 13.3. The van der Waals surface area contributed by atoms with Crippen molar-refractivity contribution in [2.75, 3.05) is 47.5 Å². The predicted molar refractivity (Wildman–Crippen MR) is 286 cm³/mol. The summed E-state index contributed by atoms with van der Waals surface area (Å²) in [6.07, 6.45) is 48.1. The number of quaternary nitrogens is 1. The molecular formula is C57H109ClNO10P. The SMILES string of the molecule is CCCCCCCC/C=C\CCCCCCCC(=O)OC[C@H](COP(=O)(O)OC(COC(=O)CCCCCCCCCCC)C[N+](C)(C)C)OC(=O)CCCCCCC/C=C\CCCCCCCC.[Cl-]. The Kier molecular flexibility index (Phi) is 51.0. The Hall–Kier alpha value is -1.75. The molecule has 0 amide bonds. The van der Waals surface area contributed by atoms with E-state index in [2.05, 4.69) is 45.1 Å². The fraction of sp³-hybridized carbons (Fsp3) is 0.877. The van der Waals surface area contributed by atoms with Gasteiger partial charge in [-0.15, -0.1) is 0 Å². The van der Waals surface area contributed by atoms with E-state index in [1.54, 1.807) is 0 Å². The first-order valence-corrected chi connectivity index (χ1v) is 30.1. The molecule has 0 rings (SSSR count). The zero-order chi connectivity index (χ0) is 50.9. The summed E-state index contributed by atoms with van der Waals surface area (Å²) in [5, 5.41) is 0. The number of rotatable bonds is 52.